The second-order valence-corrected chi connectivity index (χ2v) is 8.39. The molecule has 1 atom stereocenters. The van der Waals surface area contributed by atoms with Crippen LogP contribution in [0.15, 0.2) is 30.5 Å². The number of carbonyl (C=O) groups is 1. The van der Waals surface area contributed by atoms with E-state index >= 15 is 0 Å². The number of nitrogens with zero attached hydrogens (tertiary/aromatic N) is 3. The molecule has 1 aliphatic heterocycles. The molecule has 0 aliphatic carbocycles. The Morgan fingerprint density at radius 1 is 1.29 bits per heavy atom. The Kier molecular flexibility index (Phi) is 7.10. The van der Waals surface area contributed by atoms with Crippen molar-refractivity contribution in [2.24, 2.45) is 11.7 Å². The minimum absolute atomic E-state index is 0.205. The van der Waals surface area contributed by atoms with Crippen molar-refractivity contribution < 1.29 is 9.90 Å². The van der Waals surface area contributed by atoms with Crippen molar-refractivity contribution in [3.05, 3.63) is 36.0 Å². The predicted molar refractivity (Wildman–Crippen MR) is 113 cm³/mol. The highest BCUT2D eigenvalue weighted by molar-refractivity contribution is 5.85. The first kappa shape index (κ1) is 20.8. The Hall–Kier alpha value is -1.89. The number of nitrogens with two attached hydrogens (primary N) is 1. The monoisotopic (exact) mass is 386 g/mol. The quantitative estimate of drug-likeness (QED) is 0.692. The number of piperazine rings is 1. The molecule has 6 nitrogen and oxygen atoms in total. The van der Waals surface area contributed by atoms with Crippen molar-refractivity contribution in [3.8, 4) is 0 Å². The lowest BCUT2D eigenvalue weighted by atomic mass is 10.0. The number of para-hydroxylation sites is 1. The van der Waals surface area contributed by atoms with Crippen LogP contribution in [0.4, 0.5) is 0 Å². The first-order valence-corrected chi connectivity index (χ1v) is 10.4. The molecule has 0 saturated carbocycles. The summed E-state index contributed by atoms with van der Waals surface area (Å²) in [5.74, 6) is 0.373. The van der Waals surface area contributed by atoms with Gasteiger partial charge in [-0.05, 0) is 36.9 Å². The van der Waals surface area contributed by atoms with Crippen molar-refractivity contribution >= 4 is 16.8 Å². The number of fused-ring (bicyclic) bond motifs is 1. The van der Waals surface area contributed by atoms with Crippen molar-refractivity contribution in [2.75, 3.05) is 32.8 Å². The highest BCUT2D eigenvalue weighted by atomic mass is 16.3. The molecule has 2 aromatic rings. The van der Waals surface area contributed by atoms with E-state index in [1.165, 1.54) is 17.4 Å². The van der Waals surface area contributed by atoms with Crippen LogP contribution in [-0.4, -0.2) is 64.2 Å². The minimum Gasteiger partial charge on any atom is -0.396 e. The third kappa shape index (κ3) is 5.13. The van der Waals surface area contributed by atoms with Gasteiger partial charge in [0, 0.05) is 55.9 Å². The minimum atomic E-state index is -0.325. The zero-order valence-electron chi connectivity index (χ0n) is 17.2. The van der Waals surface area contributed by atoms with Crippen LogP contribution in [0, 0.1) is 5.92 Å². The SMILES string of the molecule is CC(C)CCN1CCN(Cc2cn(CC(N)=O)c3ccccc23)C[C@H]1CCO. The largest absolute Gasteiger partial charge is 0.396 e. The van der Waals surface area contributed by atoms with Gasteiger partial charge in [0.1, 0.15) is 6.54 Å². The Morgan fingerprint density at radius 3 is 2.79 bits per heavy atom. The standard InChI is InChI=1S/C22H34N4O2/c1-17(2)7-9-25-11-10-24(15-19(25)8-12-27)13-18-14-26(16-22(23)28)21-6-4-3-5-20(18)21/h3-6,14,17,19,27H,7-13,15-16H2,1-2H3,(H2,23,28)/t19-/m1/s1. The number of aliphatic hydroxyl groups excluding tert-OH is 1. The molecule has 3 rings (SSSR count). The molecule has 1 aliphatic rings. The molecule has 1 fully saturated rings. The van der Waals surface area contributed by atoms with Crippen molar-refractivity contribution in [3.63, 3.8) is 0 Å². The Bertz CT molecular complexity index is 786. The maximum absolute atomic E-state index is 11.4. The van der Waals surface area contributed by atoms with Crippen LogP contribution < -0.4 is 5.73 Å². The van der Waals surface area contributed by atoms with E-state index in [0.29, 0.717) is 12.0 Å². The van der Waals surface area contributed by atoms with E-state index in [1.54, 1.807) is 0 Å². The van der Waals surface area contributed by atoms with Gasteiger partial charge in [0.15, 0.2) is 0 Å². The molecule has 1 saturated heterocycles. The maximum Gasteiger partial charge on any atom is 0.237 e. The third-order valence-electron chi connectivity index (χ3n) is 5.74. The third-order valence-corrected chi connectivity index (χ3v) is 5.74. The van der Waals surface area contributed by atoms with Crippen LogP contribution in [0.5, 0.6) is 0 Å². The predicted octanol–water partition coefficient (Wildman–Crippen LogP) is 2.04. The number of amides is 1. The molecule has 1 amide bonds. The van der Waals surface area contributed by atoms with Crippen LogP contribution in [0.3, 0.4) is 0 Å². The molecule has 0 bridgehead atoms. The van der Waals surface area contributed by atoms with Crippen LogP contribution in [-0.2, 0) is 17.9 Å². The van der Waals surface area contributed by atoms with Crippen LogP contribution >= 0.6 is 0 Å². The van der Waals surface area contributed by atoms with Crippen LogP contribution in [0.1, 0.15) is 32.3 Å². The molecule has 154 valence electrons. The second kappa shape index (κ2) is 9.54. The zero-order chi connectivity index (χ0) is 20.1. The van der Waals surface area contributed by atoms with E-state index < -0.39 is 0 Å². The number of aliphatic hydroxyl groups is 1. The summed E-state index contributed by atoms with van der Waals surface area (Å²) in [6.45, 7) is 9.95. The maximum atomic E-state index is 11.4. The molecule has 6 heteroatoms. The fraction of sp³-hybridized carbons (Fsp3) is 0.591. The smallest absolute Gasteiger partial charge is 0.237 e. The summed E-state index contributed by atoms with van der Waals surface area (Å²) < 4.78 is 1.96. The average Bonchev–Trinajstić information content (AvgIpc) is 2.98. The van der Waals surface area contributed by atoms with Gasteiger partial charge < -0.3 is 15.4 Å². The van der Waals surface area contributed by atoms with Gasteiger partial charge in [-0.15, -0.1) is 0 Å². The summed E-state index contributed by atoms with van der Waals surface area (Å²) in [5, 5.41) is 10.7. The van der Waals surface area contributed by atoms with Gasteiger partial charge in [-0.3, -0.25) is 14.6 Å². The zero-order valence-corrected chi connectivity index (χ0v) is 17.2. The molecule has 28 heavy (non-hydrogen) atoms. The van der Waals surface area contributed by atoms with Gasteiger partial charge in [-0.2, -0.15) is 0 Å². The lowest BCUT2D eigenvalue weighted by Gasteiger charge is -2.41. The molecule has 1 aromatic heterocycles. The number of hydrogen-bond donors (Lipinski definition) is 2. The van der Waals surface area contributed by atoms with Crippen molar-refractivity contribution in [2.45, 2.75) is 45.8 Å². The summed E-state index contributed by atoms with van der Waals surface area (Å²) in [6.07, 6.45) is 4.09. The summed E-state index contributed by atoms with van der Waals surface area (Å²) >= 11 is 0. The van der Waals surface area contributed by atoms with E-state index in [9.17, 15) is 9.90 Å². The molecular formula is C22H34N4O2. The molecule has 3 N–H and O–H groups in total. The molecular weight excluding hydrogens is 352 g/mol. The van der Waals surface area contributed by atoms with E-state index in [0.717, 1.165) is 44.7 Å². The van der Waals surface area contributed by atoms with Gasteiger partial charge >= 0.3 is 0 Å². The van der Waals surface area contributed by atoms with Gasteiger partial charge in [0.25, 0.3) is 0 Å². The van der Waals surface area contributed by atoms with Crippen molar-refractivity contribution in [1.29, 1.82) is 0 Å². The summed E-state index contributed by atoms with van der Waals surface area (Å²) in [7, 11) is 0. The summed E-state index contributed by atoms with van der Waals surface area (Å²) in [6, 6.07) is 8.59. The summed E-state index contributed by atoms with van der Waals surface area (Å²) in [4.78, 5) is 16.5. The Balaban J connectivity index is 1.72. The lowest BCUT2D eigenvalue weighted by Crippen LogP contribution is -2.53. The van der Waals surface area contributed by atoms with Crippen LogP contribution in [0.2, 0.25) is 0 Å². The fourth-order valence-corrected chi connectivity index (χ4v) is 4.23. The molecule has 2 heterocycles. The topological polar surface area (TPSA) is 74.7 Å². The van der Waals surface area contributed by atoms with Gasteiger partial charge in [-0.25, -0.2) is 0 Å². The number of carbonyl (C=O) groups excluding carboxylic acids is 1. The molecule has 0 unspecified atom stereocenters. The summed E-state index contributed by atoms with van der Waals surface area (Å²) in [5.41, 5.74) is 7.71. The lowest BCUT2D eigenvalue weighted by molar-refractivity contribution is -0.118. The molecule has 0 radical (unpaired) electrons. The van der Waals surface area contributed by atoms with E-state index in [4.69, 9.17) is 5.73 Å². The molecule has 1 aromatic carbocycles. The van der Waals surface area contributed by atoms with Crippen LogP contribution in [0.25, 0.3) is 10.9 Å². The Labute approximate surface area is 167 Å². The fourth-order valence-electron chi connectivity index (χ4n) is 4.23. The van der Waals surface area contributed by atoms with Crippen molar-refractivity contribution in [1.82, 2.24) is 14.4 Å². The van der Waals surface area contributed by atoms with E-state index in [-0.39, 0.29) is 19.1 Å². The first-order valence-electron chi connectivity index (χ1n) is 10.4. The Morgan fingerprint density at radius 2 is 2.07 bits per heavy atom. The second-order valence-electron chi connectivity index (χ2n) is 8.39. The van der Waals surface area contributed by atoms with Gasteiger partial charge in [0.2, 0.25) is 5.91 Å². The van der Waals surface area contributed by atoms with Gasteiger partial charge in [-0.1, -0.05) is 32.0 Å². The number of primary amides is 1. The average molecular weight is 387 g/mol. The number of aromatic nitrogens is 1. The van der Waals surface area contributed by atoms with E-state index in [2.05, 4.69) is 35.9 Å². The van der Waals surface area contributed by atoms with E-state index in [1.807, 2.05) is 22.8 Å². The normalized spacial score (nSPS) is 18.9. The first-order chi connectivity index (χ1) is 13.5. The number of hydrogen-bond acceptors (Lipinski definition) is 4. The molecule has 0 spiro atoms. The number of benzene rings is 1. The number of rotatable bonds is 9. The highest BCUT2D eigenvalue weighted by Crippen LogP contribution is 2.24. The van der Waals surface area contributed by atoms with Gasteiger partial charge in [0.05, 0.1) is 0 Å². The highest BCUT2D eigenvalue weighted by Gasteiger charge is 2.27.